The number of hydrogen-bond acceptors (Lipinski definition) is 4. The van der Waals surface area contributed by atoms with Crippen LogP contribution in [0.25, 0.3) is 0 Å². The maximum atomic E-state index is 9.21. The minimum atomic E-state index is -1.21. The summed E-state index contributed by atoms with van der Waals surface area (Å²) in [5.41, 5.74) is 0. The number of hydrogen-bond donors (Lipinski definition) is 4. The highest BCUT2D eigenvalue weighted by molar-refractivity contribution is 4.90. The molecule has 0 amide bonds. The first-order valence-electron chi connectivity index (χ1n) is 3.76. The van der Waals surface area contributed by atoms with Crippen LogP contribution < -0.4 is 0 Å². The molecule has 4 heteroatoms. The molecular formula is C7H14O4. The highest BCUT2D eigenvalue weighted by Crippen LogP contribution is 2.24. The maximum absolute atomic E-state index is 9.21. The molecule has 1 fully saturated rings. The summed E-state index contributed by atoms with van der Waals surface area (Å²) in [7, 11) is 0. The molecule has 0 aliphatic heterocycles. The summed E-state index contributed by atoms with van der Waals surface area (Å²) in [6, 6.07) is 0. The molecule has 0 heterocycles. The van der Waals surface area contributed by atoms with Gasteiger partial charge in [0.1, 0.15) is 12.2 Å². The molecule has 0 bridgehead atoms. The average molecular weight is 162 g/mol. The lowest BCUT2D eigenvalue weighted by Gasteiger charge is -2.36. The molecule has 66 valence electrons. The van der Waals surface area contributed by atoms with Crippen LogP contribution in [0, 0.1) is 5.92 Å². The van der Waals surface area contributed by atoms with Crippen molar-refractivity contribution in [3.63, 3.8) is 0 Å². The molecule has 1 aliphatic carbocycles. The van der Waals surface area contributed by atoms with Crippen molar-refractivity contribution < 1.29 is 20.4 Å². The maximum Gasteiger partial charge on any atom is 0.108 e. The fraction of sp³-hybridized carbons (Fsp3) is 1.00. The van der Waals surface area contributed by atoms with Crippen LogP contribution in [0.5, 0.6) is 0 Å². The minimum Gasteiger partial charge on any atom is -0.390 e. The largest absolute Gasteiger partial charge is 0.390 e. The second kappa shape index (κ2) is 3.06. The topological polar surface area (TPSA) is 80.9 Å². The molecule has 1 aliphatic rings. The van der Waals surface area contributed by atoms with E-state index in [-0.39, 0.29) is 5.92 Å². The highest BCUT2D eigenvalue weighted by Gasteiger charge is 2.39. The Morgan fingerprint density at radius 3 is 2.00 bits per heavy atom. The fourth-order valence-corrected chi connectivity index (χ4v) is 1.43. The zero-order chi connectivity index (χ0) is 8.59. The van der Waals surface area contributed by atoms with Gasteiger partial charge in [-0.15, -0.1) is 0 Å². The molecule has 0 spiro atoms. The number of aliphatic hydroxyl groups is 4. The summed E-state index contributed by atoms with van der Waals surface area (Å²) in [5.74, 6) is -0.164. The normalized spacial score (nSPS) is 52.6. The van der Waals surface area contributed by atoms with Crippen molar-refractivity contribution in [3.05, 3.63) is 0 Å². The van der Waals surface area contributed by atoms with Crippen LogP contribution in [-0.4, -0.2) is 44.8 Å². The van der Waals surface area contributed by atoms with E-state index in [9.17, 15) is 5.11 Å². The third kappa shape index (κ3) is 1.54. The molecule has 4 N–H and O–H groups in total. The summed E-state index contributed by atoms with van der Waals surface area (Å²) in [6.45, 7) is 1.73. The predicted molar refractivity (Wildman–Crippen MR) is 37.8 cm³/mol. The van der Waals surface area contributed by atoms with Gasteiger partial charge in [0.05, 0.1) is 12.2 Å². The van der Waals surface area contributed by atoms with Gasteiger partial charge in [-0.25, -0.2) is 0 Å². The summed E-state index contributed by atoms with van der Waals surface area (Å²) in [5, 5.41) is 36.5. The Hall–Kier alpha value is -0.160. The number of aliphatic hydroxyl groups excluding tert-OH is 4. The van der Waals surface area contributed by atoms with Gasteiger partial charge in [-0.05, 0) is 12.3 Å². The van der Waals surface area contributed by atoms with Gasteiger partial charge >= 0.3 is 0 Å². The second-order valence-corrected chi connectivity index (χ2v) is 3.25. The minimum absolute atomic E-state index is 0.164. The molecule has 1 unspecified atom stereocenters. The highest BCUT2D eigenvalue weighted by atomic mass is 16.4. The van der Waals surface area contributed by atoms with E-state index in [4.69, 9.17) is 15.3 Å². The van der Waals surface area contributed by atoms with Gasteiger partial charge in [0, 0.05) is 0 Å². The van der Waals surface area contributed by atoms with Gasteiger partial charge < -0.3 is 20.4 Å². The average Bonchev–Trinajstić information content (AvgIpc) is 1.97. The Balaban J connectivity index is 2.63. The van der Waals surface area contributed by atoms with E-state index in [1.807, 2.05) is 0 Å². The first-order chi connectivity index (χ1) is 5.04. The van der Waals surface area contributed by atoms with Crippen LogP contribution in [0.3, 0.4) is 0 Å². The van der Waals surface area contributed by atoms with E-state index in [0.29, 0.717) is 6.42 Å². The van der Waals surface area contributed by atoms with Crippen LogP contribution in [0.2, 0.25) is 0 Å². The Labute approximate surface area is 65.1 Å². The quantitative estimate of drug-likeness (QED) is 0.348. The van der Waals surface area contributed by atoms with Crippen LogP contribution >= 0.6 is 0 Å². The van der Waals surface area contributed by atoms with Crippen molar-refractivity contribution in [2.24, 2.45) is 5.92 Å². The molecule has 11 heavy (non-hydrogen) atoms. The SMILES string of the molecule is CC1C[C@H](O)[C@@H](O)[C@H](O)[C@@H]1O. The first kappa shape index (κ1) is 8.93. The van der Waals surface area contributed by atoms with E-state index in [1.54, 1.807) is 6.92 Å². The molecule has 5 atom stereocenters. The Kier molecular flexibility index (Phi) is 2.49. The predicted octanol–water partition coefficient (Wildman–Crippen LogP) is -1.53. The molecule has 0 radical (unpaired) electrons. The van der Waals surface area contributed by atoms with Crippen molar-refractivity contribution in [2.75, 3.05) is 0 Å². The van der Waals surface area contributed by atoms with Gasteiger partial charge in [0.15, 0.2) is 0 Å². The molecule has 0 aromatic heterocycles. The first-order valence-corrected chi connectivity index (χ1v) is 3.76. The summed E-state index contributed by atoms with van der Waals surface area (Å²) in [4.78, 5) is 0. The molecular weight excluding hydrogens is 148 g/mol. The smallest absolute Gasteiger partial charge is 0.108 e. The zero-order valence-corrected chi connectivity index (χ0v) is 6.38. The van der Waals surface area contributed by atoms with Crippen molar-refractivity contribution in [1.29, 1.82) is 0 Å². The van der Waals surface area contributed by atoms with E-state index in [2.05, 4.69) is 0 Å². The van der Waals surface area contributed by atoms with Crippen molar-refractivity contribution in [2.45, 2.75) is 37.8 Å². The summed E-state index contributed by atoms with van der Waals surface area (Å²) in [6.07, 6.45) is -3.92. The molecule has 1 rings (SSSR count). The van der Waals surface area contributed by atoms with Crippen LogP contribution in [0.4, 0.5) is 0 Å². The summed E-state index contributed by atoms with van der Waals surface area (Å²) >= 11 is 0. The zero-order valence-electron chi connectivity index (χ0n) is 6.38. The van der Waals surface area contributed by atoms with E-state index < -0.39 is 24.4 Å². The van der Waals surface area contributed by atoms with Crippen molar-refractivity contribution in [3.8, 4) is 0 Å². The Bertz CT molecular complexity index is 124. The van der Waals surface area contributed by atoms with Crippen molar-refractivity contribution in [1.82, 2.24) is 0 Å². The third-order valence-corrected chi connectivity index (χ3v) is 2.29. The summed E-state index contributed by atoms with van der Waals surface area (Å²) < 4.78 is 0. The lowest BCUT2D eigenvalue weighted by Crippen LogP contribution is -2.52. The third-order valence-electron chi connectivity index (χ3n) is 2.29. The van der Waals surface area contributed by atoms with E-state index in [0.717, 1.165) is 0 Å². The molecule has 0 saturated heterocycles. The van der Waals surface area contributed by atoms with Crippen LogP contribution in [0.15, 0.2) is 0 Å². The van der Waals surface area contributed by atoms with Gasteiger partial charge in [0.2, 0.25) is 0 Å². The molecule has 1 saturated carbocycles. The number of rotatable bonds is 0. The van der Waals surface area contributed by atoms with Gasteiger partial charge in [-0.1, -0.05) is 6.92 Å². The molecule has 0 aromatic rings. The van der Waals surface area contributed by atoms with E-state index >= 15 is 0 Å². The van der Waals surface area contributed by atoms with Crippen molar-refractivity contribution >= 4 is 0 Å². The monoisotopic (exact) mass is 162 g/mol. The van der Waals surface area contributed by atoms with Gasteiger partial charge in [-0.3, -0.25) is 0 Å². The van der Waals surface area contributed by atoms with Gasteiger partial charge in [-0.2, -0.15) is 0 Å². The molecule has 4 nitrogen and oxygen atoms in total. The lowest BCUT2D eigenvalue weighted by molar-refractivity contribution is -0.154. The second-order valence-electron chi connectivity index (χ2n) is 3.25. The lowest BCUT2D eigenvalue weighted by atomic mass is 9.82. The Morgan fingerprint density at radius 2 is 1.45 bits per heavy atom. The Morgan fingerprint density at radius 1 is 0.909 bits per heavy atom. The van der Waals surface area contributed by atoms with E-state index in [1.165, 1.54) is 0 Å². The fourth-order valence-electron chi connectivity index (χ4n) is 1.43. The van der Waals surface area contributed by atoms with Gasteiger partial charge in [0.25, 0.3) is 0 Å². The van der Waals surface area contributed by atoms with Crippen LogP contribution in [-0.2, 0) is 0 Å². The molecule has 0 aromatic carbocycles. The standard InChI is InChI=1S/C7H14O4/c1-3-2-4(8)6(10)7(11)5(3)9/h3-11H,2H2,1H3/t3?,4-,5+,6+,7+/m0/s1. The van der Waals surface area contributed by atoms with Crippen LogP contribution in [0.1, 0.15) is 13.3 Å².